The van der Waals surface area contributed by atoms with Crippen LogP contribution < -0.4 is 11.1 Å². The third kappa shape index (κ3) is 1.97. The molecule has 2 N–H and O–H groups in total. The summed E-state index contributed by atoms with van der Waals surface area (Å²) in [5.41, 5.74) is 6.48. The molecular weight excluding hydrogens is 140 g/mol. The fraction of sp³-hybridized carbons (Fsp3) is 0.125. The van der Waals surface area contributed by atoms with E-state index in [-0.39, 0.29) is 0 Å². The van der Waals surface area contributed by atoms with E-state index < -0.39 is 6.03 Å². The number of carbonyl (C=O) groups excluding carboxylic acids is 1. The Morgan fingerprint density at radius 2 is 2.09 bits per heavy atom. The van der Waals surface area contributed by atoms with Crippen molar-refractivity contribution in [1.82, 2.24) is 5.32 Å². The topological polar surface area (TPSA) is 57.2 Å². The molecule has 11 heavy (non-hydrogen) atoms. The summed E-state index contributed by atoms with van der Waals surface area (Å²) in [7, 11) is 0. The molecule has 0 atom stereocenters. The summed E-state index contributed by atoms with van der Waals surface area (Å²) in [4.78, 5) is 10.4. The van der Waals surface area contributed by atoms with Crippen LogP contribution in [0.3, 0.4) is 0 Å². The maximum Gasteiger partial charge on any atom is 0.338 e. The van der Waals surface area contributed by atoms with Crippen molar-refractivity contribution in [2.24, 2.45) is 5.73 Å². The zero-order chi connectivity index (χ0) is 8.27. The Kier molecular flexibility index (Phi) is 2.11. The van der Waals surface area contributed by atoms with E-state index in [1.807, 2.05) is 25.1 Å². The number of para-hydroxylation sites is 1. The number of urea groups is 1. The van der Waals surface area contributed by atoms with Crippen LogP contribution in [0.2, 0.25) is 0 Å². The molecule has 0 bridgehead atoms. The van der Waals surface area contributed by atoms with Crippen LogP contribution in [0.25, 0.3) is 0 Å². The first-order valence-corrected chi connectivity index (χ1v) is 3.27. The zero-order valence-corrected chi connectivity index (χ0v) is 6.24. The highest BCUT2D eigenvalue weighted by molar-refractivity contribution is 5.77. The molecule has 0 heterocycles. The third-order valence-electron chi connectivity index (χ3n) is 1.35. The van der Waals surface area contributed by atoms with Crippen molar-refractivity contribution in [3.63, 3.8) is 0 Å². The molecule has 1 radical (unpaired) electrons. The zero-order valence-electron chi connectivity index (χ0n) is 6.24. The molecule has 0 aliphatic heterocycles. The summed E-state index contributed by atoms with van der Waals surface area (Å²) in [6.45, 7) is 1.88. The van der Waals surface area contributed by atoms with Crippen molar-refractivity contribution < 1.29 is 4.79 Å². The summed E-state index contributed by atoms with van der Waals surface area (Å²) in [5.74, 6) is 0. The molecule has 1 rings (SSSR count). The Morgan fingerprint density at radius 3 is 2.64 bits per heavy atom. The fourth-order valence-corrected chi connectivity index (χ4v) is 0.808. The van der Waals surface area contributed by atoms with Crippen molar-refractivity contribution in [1.29, 1.82) is 0 Å². The molecule has 1 aromatic rings. The smallest absolute Gasteiger partial charge is 0.338 e. The van der Waals surface area contributed by atoms with E-state index in [1.54, 1.807) is 6.07 Å². The summed E-state index contributed by atoms with van der Waals surface area (Å²) in [5, 5.41) is 3.60. The second-order valence-electron chi connectivity index (χ2n) is 2.24. The van der Waals surface area contributed by atoms with E-state index in [0.717, 1.165) is 5.56 Å². The number of rotatable bonds is 1. The highest BCUT2D eigenvalue weighted by Crippen LogP contribution is 2.12. The van der Waals surface area contributed by atoms with Gasteiger partial charge in [-0.2, -0.15) is 5.32 Å². The predicted octanol–water partition coefficient (Wildman–Crippen LogP) is 1.31. The van der Waals surface area contributed by atoms with E-state index in [1.165, 1.54) is 0 Å². The second kappa shape index (κ2) is 3.05. The second-order valence-corrected chi connectivity index (χ2v) is 2.24. The first-order valence-electron chi connectivity index (χ1n) is 3.27. The Bertz CT molecular complexity index is 271. The molecule has 3 heteroatoms. The Hall–Kier alpha value is -1.51. The van der Waals surface area contributed by atoms with Gasteiger partial charge in [0.25, 0.3) is 0 Å². The minimum atomic E-state index is -0.653. The van der Waals surface area contributed by atoms with Crippen LogP contribution in [-0.2, 0) is 0 Å². The average molecular weight is 149 g/mol. The molecule has 57 valence electrons. The molecular formula is C8H9N2O. The van der Waals surface area contributed by atoms with Gasteiger partial charge >= 0.3 is 6.03 Å². The lowest BCUT2D eigenvalue weighted by Crippen LogP contribution is -2.18. The van der Waals surface area contributed by atoms with Gasteiger partial charge in [0, 0.05) is 0 Å². The molecule has 0 aliphatic carbocycles. The van der Waals surface area contributed by atoms with E-state index in [4.69, 9.17) is 5.73 Å². The van der Waals surface area contributed by atoms with Crippen molar-refractivity contribution in [3.8, 4) is 0 Å². The predicted molar refractivity (Wildman–Crippen MR) is 42.6 cm³/mol. The maximum absolute atomic E-state index is 10.4. The number of amides is 2. The van der Waals surface area contributed by atoms with Gasteiger partial charge in [-0.3, -0.25) is 0 Å². The van der Waals surface area contributed by atoms with Crippen LogP contribution in [0.4, 0.5) is 10.5 Å². The van der Waals surface area contributed by atoms with Crippen molar-refractivity contribution in [2.75, 3.05) is 0 Å². The van der Waals surface area contributed by atoms with Crippen molar-refractivity contribution >= 4 is 11.7 Å². The number of hydrogen-bond acceptors (Lipinski definition) is 1. The van der Waals surface area contributed by atoms with Crippen LogP contribution in [0.1, 0.15) is 5.56 Å². The van der Waals surface area contributed by atoms with Crippen molar-refractivity contribution in [2.45, 2.75) is 6.92 Å². The SMILES string of the molecule is Cc1ccccc1[N]C(N)=O. The molecule has 1 aromatic carbocycles. The fourth-order valence-electron chi connectivity index (χ4n) is 0.808. The number of primary amides is 1. The molecule has 0 spiro atoms. The minimum absolute atomic E-state index is 0.639. The van der Waals surface area contributed by atoms with Gasteiger partial charge in [-0.25, -0.2) is 4.79 Å². The standard InChI is InChI=1S/C8H9N2O/c1-6-4-2-3-5-7(6)10-8(9)11/h2-5H,1H3,(H2,9,11). The molecule has 0 aromatic heterocycles. The first kappa shape index (κ1) is 7.60. The van der Waals surface area contributed by atoms with E-state index >= 15 is 0 Å². The van der Waals surface area contributed by atoms with Gasteiger partial charge < -0.3 is 5.73 Å². The van der Waals surface area contributed by atoms with Gasteiger partial charge in [0.1, 0.15) is 0 Å². The molecule has 2 amide bonds. The van der Waals surface area contributed by atoms with Gasteiger partial charge in [0.15, 0.2) is 0 Å². The number of benzene rings is 1. The highest BCUT2D eigenvalue weighted by Gasteiger charge is 1.99. The lowest BCUT2D eigenvalue weighted by Gasteiger charge is -2.00. The summed E-state index contributed by atoms with van der Waals surface area (Å²) in [6, 6.07) is 6.67. The van der Waals surface area contributed by atoms with Gasteiger partial charge in [0.05, 0.1) is 5.69 Å². The van der Waals surface area contributed by atoms with E-state index in [9.17, 15) is 4.79 Å². The quantitative estimate of drug-likeness (QED) is 0.643. The Morgan fingerprint density at radius 1 is 1.45 bits per heavy atom. The van der Waals surface area contributed by atoms with E-state index in [0.29, 0.717) is 5.69 Å². The average Bonchev–Trinajstić information content (AvgIpc) is 1.93. The summed E-state index contributed by atoms with van der Waals surface area (Å²) >= 11 is 0. The van der Waals surface area contributed by atoms with Crippen molar-refractivity contribution in [3.05, 3.63) is 29.8 Å². The normalized spacial score (nSPS) is 9.18. The van der Waals surface area contributed by atoms with Crippen LogP contribution in [0.5, 0.6) is 0 Å². The van der Waals surface area contributed by atoms with E-state index in [2.05, 4.69) is 5.32 Å². The molecule has 0 fully saturated rings. The molecule has 0 saturated carbocycles. The van der Waals surface area contributed by atoms with Gasteiger partial charge in [0.2, 0.25) is 0 Å². The molecule has 0 unspecified atom stereocenters. The Balaban J connectivity index is 2.86. The van der Waals surface area contributed by atoms with Crippen LogP contribution in [0, 0.1) is 6.92 Å². The molecule has 0 aliphatic rings. The van der Waals surface area contributed by atoms with Gasteiger partial charge in [-0.05, 0) is 18.6 Å². The summed E-state index contributed by atoms with van der Waals surface area (Å²) < 4.78 is 0. The van der Waals surface area contributed by atoms with Crippen LogP contribution in [0.15, 0.2) is 24.3 Å². The van der Waals surface area contributed by atoms with Gasteiger partial charge in [-0.15, -0.1) is 0 Å². The molecule has 0 saturated heterocycles. The number of carbonyl (C=O) groups is 1. The molecule has 3 nitrogen and oxygen atoms in total. The summed E-state index contributed by atoms with van der Waals surface area (Å²) in [6.07, 6.45) is 0. The third-order valence-corrected chi connectivity index (χ3v) is 1.35. The lowest BCUT2D eigenvalue weighted by atomic mass is 10.2. The lowest BCUT2D eigenvalue weighted by molar-refractivity contribution is 0.252. The number of nitrogens with two attached hydrogens (primary N) is 1. The maximum atomic E-state index is 10.4. The largest absolute Gasteiger partial charge is 0.350 e. The number of nitrogens with zero attached hydrogens (tertiary/aromatic N) is 1. The number of hydrogen-bond donors (Lipinski definition) is 1. The first-order chi connectivity index (χ1) is 5.20. The highest BCUT2D eigenvalue weighted by atomic mass is 16.2. The number of aryl methyl sites for hydroxylation is 1. The Labute approximate surface area is 65.2 Å². The van der Waals surface area contributed by atoms with Crippen LogP contribution >= 0.6 is 0 Å². The van der Waals surface area contributed by atoms with Crippen LogP contribution in [-0.4, -0.2) is 6.03 Å². The van der Waals surface area contributed by atoms with Gasteiger partial charge in [-0.1, -0.05) is 18.2 Å². The monoisotopic (exact) mass is 149 g/mol. The minimum Gasteiger partial charge on any atom is -0.350 e.